The summed E-state index contributed by atoms with van der Waals surface area (Å²) in [5.74, 6) is 0.179. The molecule has 7 heteroatoms. The molecule has 5 nitrogen and oxygen atoms in total. The average molecular weight is 422 g/mol. The monoisotopic (exact) mass is 421 g/mol. The predicted molar refractivity (Wildman–Crippen MR) is 119 cm³/mol. The lowest BCUT2D eigenvalue weighted by atomic mass is 10.2. The van der Waals surface area contributed by atoms with Gasteiger partial charge in [-0.05, 0) is 73.2 Å². The molecule has 0 saturated carbocycles. The number of halogens is 1. The second-order valence-corrected chi connectivity index (χ2v) is 7.27. The highest BCUT2D eigenvalue weighted by molar-refractivity contribution is 7.80. The first-order valence-corrected chi connectivity index (χ1v) is 9.63. The lowest BCUT2D eigenvalue weighted by molar-refractivity contribution is 0.0978. The van der Waals surface area contributed by atoms with Crippen LogP contribution in [0.15, 0.2) is 71.1 Å². The van der Waals surface area contributed by atoms with Gasteiger partial charge in [0.05, 0.1) is 10.6 Å². The smallest absolute Gasteiger partial charge is 0.258 e. The summed E-state index contributed by atoms with van der Waals surface area (Å²) >= 11 is 11.3. The third-order valence-corrected chi connectivity index (χ3v) is 4.81. The van der Waals surface area contributed by atoms with Crippen molar-refractivity contribution in [3.63, 3.8) is 0 Å². The molecule has 3 aromatic carbocycles. The highest BCUT2D eigenvalue weighted by Crippen LogP contribution is 2.26. The maximum absolute atomic E-state index is 12.3. The largest absolute Gasteiger partial charge is 0.436 e. The van der Waals surface area contributed by atoms with Gasteiger partial charge in [0.15, 0.2) is 10.7 Å². The van der Waals surface area contributed by atoms with Gasteiger partial charge >= 0.3 is 0 Å². The number of aromatic nitrogens is 1. The van der Waals surface area contributed by atoms with Crippen LogP contribution in [0.1, 0.15) is 15.9 Å². The van der Waals surface area contributed by atoms with Crippen LogP contribution >= 0.6 is 23.8 Å². The standard InChI is InChI=1S/C22H16ClN3O2S/c1-13-6-11-19-18(12-13)25-21(28-19)14-7-9-15(10-8-14)24-22(29)26-20(27)16-4-2-3-5-17(16)23/h2-12H,1H3,(H2,24,26,27,29). The normalized spacial score (nSPS) is 10.7. The number of thiocarbonyl (C=S) groups is 1. The van der Waals surface area contributed by atoms with E-state index in [-0.39, 0.29) is 11.0 Å². The van der Waals surface area contributed by atoms with Gasteiger partial charge in [-0.25, -0.2) is 4.98 Å². The van der Waals surface area contributed by atoms with E-state index in [2.05, 4.69) is 15.6 Å². The van der Waals surface area contributed by atoms with E-state index in [1.807, 2.05) is 49.4 Å². The molecule has 1 amide bonds. The SMILES string of the molecule is Cc1ccc2oc(-c3ccc(NC(=S)NC(=O)c4ccccc4Cl)cc3)nc2c1. The molecule has 0 bridgehead atoms. The Kier molecular flexibility index (Phi) is 5.29. The number of hydrogen-bond donors (Lipinski definition) is 2. The van der Waals surface area contributed by atoms with Crippen molar-refractivity contribution in [1.82, 2.24) is 10.3 Å². The zero-order valence-corrected chi connectivity index (χ0v) is 17.0. The Morgan fingerprint density at radius 2 is 1.83 bits per heavy atom. The summed E-state index contributed by atoms with van der Waals surface area (Å²) in [6.07, 6.45) is 0. The Morgan fingerprint density at radius 1 is 1.07 bits per heavy atom. The summed E-state index contributed by atoms with van der Waals surface area (Å²) in [4.78, 5) is 16.8. The van der Waals surface area contributed by atoms with Gasteiger partial charge < -0.3 is 9.73 Å². The summed E-state index contributed by atoms with van der Waals surface area (Å²) in [6.45, 7) is 2.02. The van der Waals surface area contributed by atoms with Gasteiger partial charge in [0.1, 0.15) is 5.52 Å². The molecule has 1 aromatic heterocycles. The van der Waals surface area contributed by atoms with Crippen molar-refractivity contribution in [2.75, 3.05) is 5.32 Å². The van der Waals surface area contributed by atoms with E-state index in [0.717, 1.165) is 27.9 Å². The van der Waals surface area contributed by atoms with Crippen LogP contribution in [0.3, 0.4) is 0 Å². The van der Waals surface area contributed by atoms with Crippen LogP contribution < -0.4 is 10.6 Å². The Hall–Kier alpha value is -3.22. The number of hydrogen-bond acceptors (Lipinski definition) is 4. The molecule has 0 fully saturated rings. The van der Waals surface area contributed by atoms with Crippen LogP contribution in [0.25, 0.3) is 22.6 Å². The number of carbonyl (C=O) groups excluding carboxylic acids is 1. The molecule has 1 heterocycles. The number of aryl methyl sites for hydroxylation is 1. The fraction of sp³-hybridized carbons (Fsp3) is 0.0455. The Balaban J connectivity index is 1.44. The van der Waals surface area contributed by atoms with Gasteiger partial charge in [0.25, 0.3) is 5.91 Å². The lowest BCUT2D eigenvalue weighted by Gasteiger charge is -2.10. The van der Waals surface area contributed by atoms with Gasteiger partial charge in [0, 0.05) is 11.3 Å². The van der Waals surface area contributed by atoms with Crippen molar-refractivity contribution < 1.29 is 9.21 Å². The van der Waals surface area contributed by atoms with Crippen LogP contribution in [0, 0.1) is 6.92 Å². The minimum absolute atomic E-state index is 0.181. The molecule has 0 aliphatic rings. The van der Waals surface area contributed by atoms with Crippen LogP contribution in [0.2, 0.25) is 5.02 Å². The van der Waals surface area contributed by atoms with Gasteiger partial charge in [-0.1, -0.05) is 29.8 Å². The maximum atomic E-state index is 12.3. The van der Waals surface area contributed by atoms with Gasteiger partial charge in [-0.15, -0.1) is 0 Å². The van der Waals surface area contributed by atoms with E-state index in [0.29, 0.717) is 16.5 Å². The van der Waals surface area contributed by atoms with Crippen molar-refractivity contribution in [1.29, 1.82) is 0 Å². The van der Waals surface area contributed by atoms with Gasteiger partial charge in [-0.3, -0.25) is 10.1 Å². The van der Waals surface area contributed by atoms with E-state index in [4.69, 9.17) is 28.2 Å². The van der Waals surface area contributed by atoms with Crippen molar-refractivity contribution in [3.8, 4) is 11.5 Å². The number of benzene rings is 3. The lowest BCUT2D eigenvalue weighted by Crippen LogP contribution is -2.34. The summed E-state index contributed by atoms with van der Waals surface area (Å²) < 4.78 is 5.82. The Labute approximate surface area is 177 Å². The second kappa shape index (κ2) is 8.03. The fourth-order valence-corrected chi connectivity index (χ4v) is 3.27. The van der Waals surface area contributed by atoms with Crippen LogP contribution in [0.4, 0.5) is 5.69 Å². The van der Waals surface area contributed by atoms with Crippen LogP contribution in [-0.2, 0) is 0 Å². The van der Waals surface area contributed by atoms with Crippen LogP contribution in [0.5, 0.6) is 0 Å². The number of anilines is 1. The van der Waals surface area contributed by atoms with Gasteiger partial charge in [-0.2, -0.15) is 0 Å². The zero-order chi connectivity index (χ0) is 20.4. The molecular formula is C22H16ClN3O2S. The van der Waals surface area contributed by atoms with Crippen molar-refractivity contribution in [2.24, 2.45) is 0 Å². The number of amides is 1. The molecule has 0 radical (unpaired) electrons. The van der Waals surface area contributed by atoms with E-state index in [1.54, 1.807) is 24.3 Å². The maximum Gasteiger partial charge on any atom is 0.258 e. The molecule has 0 saturated heterocycles. The first-order valence-electron chi connectivity index (χ1n) is 8.84. The Morgan fingerprint density at radius 3 is 2.59 bits per heavy atom. The number of rotatable bonds is 3. The first-order chi connectivity index (χ1) is 14.0. The number of nitrogens with one attached hydrogen (secondary N) is 2. The number of fused-ring (bicyclic) bond motifs is 1. The highest BCUT2D eigenvalue weighted by atomic mass is 35.5. The molecule has 4 aromatic rings. The number of oxazole rings is 1. The molecule has 0 atom stereocenters. The van der Waals surface area contributed by atoms with Gasteiger partial charge in [0.2, 0.25) is 5.89 Å². The van der Waals surface area contributed by atoms with E-state index >= 15 is 0 Å². The number of nitrogens with zero attached hydrogens (tertiary/aromatic N) is 1. The summed E-state index contributed by atoms with van der Waals surface area (Å²) in [6, 6.07) is 20.1. The second-order valence-electron chi connectivity index (χ2n) is 6.46. The minimum Gasteiger partial charge on any atom is -0.436 e. The zero-order valence-electron chi connectivity index (χ0n) is 15.4. The average Bonchev–Trinajstić information content (AvgIpc) is 3.12. The third-order valence-electron chi connectivity index (χ3n) is 4.28. The molecule has 0 spiro atoms. The molecule has 0 aliphatic heterocycles. The highest BCUT2D eigenvalue weighted by Gasteiger charge is 2.12. The fourth-order valence-electron chi connectivity index (χ4n) is 2.84. The van der Waals surface area contributed by atoms with Crippen LogP contribution in [-0.4, -0.2) is 16.0 Å². The van der Waals surface area contributed by atoms with Crippen molar-refractivity contribution >= 4 is 51.6 Å². The summed E-state index contributed by atoms with van der Waals surface area (Å²) in [7, 11) is 0. The minimum atomic E-state index is -0.369. The van der Waals surface area contributed by atoms with E-state index in [9.17, 15) is 4.79 Å². The van der Waals surface area contributed by atoms with Crippen molar-refractivity contribution in [2.45, 2.75) is 6.92 Å². The molecule has 144 valence electrons. The molecule has 0 aliphatic carbocycles. The molecule has 29 heavy (non-hydrogen) atoms. The first kappa shape index (κ1) is 19.1. The third kappa shape index (κ3) is 4.29. The Bertz CT molecular complexity index is 1220. The molecule has 2 N–H and O–H groups in total. The topological polar surface area (TPSA) is 67.2 Å². The quantitative estimate of drug-likeness (QED) is 0.422. The number of carbonyl (C=O) groups is 1. The van der Waals surface area contributed by atoms with E-state index in [1.165, 1.54) is 0 Å². The van der Waals surface area contributed by atoms with E-state index < -0.39 is 0 Å². The van der Waals surface area contributed by atoms with Crippen molar-refractivity contribution in [3.05, 3.63) is 82.9 Å². The molecule has 4 rings (SSSR count). The predicted octanol–water partition coefficient (Wildman–Crippen LogP) is 5.58. The summed E-state index contributed by atoms with van der Waals surface area (Å²) in [5, 5.41) is 6.15. The molecular weight excluding hydrogens is 406 g/mol. The summed E-state index contributed by atoms with van der Waals surface area (Å²) in [5.41, 5.74) is 4.63. The molecule has 0 unspecified atom stereocenters.